The minimum atomic E-state index is -3.59. The Labute approximate surface area is 123 Å². The molecule has 0 aromatic heterocycles. The van der Waals surface area contributed by atoms with E-state index in [0.717, 1.165) is 0 Å². The maximum absolute atomic E-state index is 12.5. The Hall–Kier alpha value is -1.64. The molecular formula is C13H16N2O5S. The molecule has 0 aliphatic carbocycles. The lowest BCUT2D eigenvalue weighted by Gasteiger charge is -2.44. The van der Waals surface area contributed by atoms with Gasteiger partial charge in [-0.05, 0) is 12.1 Å². The van der Waals surface area contributed by atoms with Crippen LogP contribution in [0.2, 0.25) is 0 Å². The zero-order valence-corrected chi connectivity index (χ0v) is 12.6. The summed E-state index contributed by atoms with van der Waals surface area (Å²) < 4.78 is 31.4. The standard InChI is InChI=1S/C13H16N2O5S/c1-14-12(16)7-13(20-14)8-15(9-13)21(17,18)11-5-3-4-10(6-11)19-2/h3-6H,7-9H2,1-2H3. The van der Waals surface area contributed by atoms with E-state index in [1.807, 2.05) is 0 Å². The molecule has 21 heavy (non-hydrogen) atoms. The summed E-state index contributed by atoms with van der Waals surface area (Å²) in [6.45, 7) is 0.366. The van der Waals surface area contributed by atoms with Gasteiger partial charge in [0.05, 0.1) is 18.4 Å². The Morgan fingerprint density at radius 1 is 1.33 bits per heavy atom. The first-order valence-electron chi connectivity index (χ1n) is 6.46. The van der Waals surface area contributed by atoms with Crippen molar-refractivity contribution in [3.63, 3.8) is 0 Å². The van der Waals surface area contributed by atoms with Crippen LogP contribution in [0, 0.1) is 0 Å². The van der Waals surface area contributed by atoms with Gasteiger partial charge < -0.3 is 4.74 Å². The third-order valence-electron chi connectivity index (χ3n) is 3.76. The van der Waals surface area contributed by atoms with E-state index in [2.05, 4.69) is 0 Å². The van der Waals surface area contributed by atoms with Gasteiger partial charge in [0.25, 0.3) is 0 Å². The van der Waals surface area contributed by atoms with Crippen LogP contribution in [-0.2, 0) is 19.7 Å². The lowest BCUT2D eigenvalue weighted by molar-refractivity contribution is -0.214. The van der Waals surface area contributed by atoms with E-state index in [1.165, 1.54) is 35.7 Å². The van der Waals surface area contributed by atoms with Crippen LogP contribution in [0.25, 0.3) is 0 Å². The fraction of sp³-hybridized carbons (Fsp3) is 0.462. The number of ether oxygens (including phenoxy) is 1. The highest BCUT2D eigenvalue weighted by atomic mass is 32.2. The van der Waals surface area contributed by atoms with Crippen LogP contribution in [0.1, 0.15) is 6.42 Å². The molecule has 8 heteroatoms. The largest absolute Gasteiger partial charge is 0.497 e. The first-order chi connectivity index (χ1) is 9.86. The number of sulfonamides is 1. The summed E-state index contributed by atoms with van der Waals surface area (Å²) in [5, 5.41) is 1.18. The van der Waals surface area contributed by atoms with Crippen molar-refractivity contribution in [2.45, 2.75) is 16.9 Å². The fourth-order valence-electron chi connectivity index (χ4n) is 2.61. The second-order valence-electron chi connectivity index (χ2n) is 5.29. The van der Waals surface area contributed by atoms with E-state index in [0.29, 0.717) is 5.75 Å². The van der Waals surface area contributed by atoms with E-state index in [1.54, 1.807) is 12.1 Å². The Kier molecular flexibility index (Phi) is 3.19. The first kappa shape index (κ1) is 14.3. The predicted octanol–water partition coefficient (Wildman–Crippen LogP) is 0.232. The quantitative estimate of drug-likeness (QED) is 0.799. The minimum absolute atomic E-state index is 0.131. The summed E-state index contributed by atoms with van der Waals surface area (Å²) in [5.41, 5.74) is -0.697. The third kappa shape index (κ3) is 2.29. The van der Waals surface area contributed by atoms with E-state index in [4.69, 9.17) is 9.57 Å². The van der Waals surface area contributed by atoms with Crippen molar-refractivity contribution in [2.75, 3.05) is 27.2 Å². The Bertz CT molecular complexity index is 682. The lowest BCUT2D eigenvalue weighted by atomic mass is 9.94. The molecule has 2 aliphatic heterocycles. The maximum Gasteiger partial charge on any atom is 0.248 e. The summed E-state index contributed by atoms with van der Waals surface area (Å²) in [4.78, 5) is 17.1. The Balaban J connectivity index is 1.78. The van der Waals surface area contributed by atoms with Crippen molar-refractivity contribution in [1.29, 1.82) is 0 Å². The molecule has 1 aromatic carbocycles. The molecule has 2 aliphatic rings. The van der Waals surface area contributed by atoms with Crippen LogP contribution in [0.15, 0.2) is 29.2 Å². The van der Waals surface area contributed by atoms with Crippen LogP contribution >= 0.6 is 0 Å². The van der Waals surface area contributed by atoms with Gasteiger partial charge in [0, 0.05) is 26.2 Å². The van der Waals surface area contributed by atoms with E-state index in [9.17, 15) is 13.2 Å². The molecule has 0 bridgehead atoms. The third-order valence-corrected chi connectivity index (χ3v) is 5.55. The van der Waals surface area contributed by atoms with Gasteiger partial charge in [-0.3, -0.25) is 9.63 Å². The summed E-state index contributed by atoms with van der Waals surface area (Å²) in [7, 11) is -0.567. The van der Waals surface area contributed by atoms with E-state index >= 15 is 0 Å². The zero-order chi connectivity index (χ0) is 15.3. The number of nitrogens with zero attached hydrogens (tertiary/aromatic N) is 2. The molecule has 1 aromatic rings. The van der Waals surface area contributed by atoms with Gasteiger partial charge in [-0.15, -0.1) is 0 Å². The number of hydrogen-bond acceptors (Lipinski definition) is 5. The van der Waals surface area contributed by atoms with Crippen molar-refractivity contribution < 1.29 is 22.8 Å². The van der Waals surface area contributed by atoms with E-state index < -0.39 is 15.6 Å². The molecule has 0 saturated carbocycles. The zero-order valence-electron chi connectivity index (χ0n) is 11.8. The summed E-state index contributed by atoms with van der Waals surface area (Å²) >= 11 is 0. The molecule has 0 unspecified atom stereocenters. The number of benzene rings is 1. The maximum atomic E-state index is 12.5. The highest BCUT2D eigenvalue weighted by Crippen LogP contribution is 2.38. The number of carbonyl (C=O) groups excluding carboxylic acids is 1. The first-order valence-corrected chi connectivity index (χ1v) is 7.90. The molecule has 114 valence electrons. The van der Waals surface area contributed by atoms with Gasteiger partial charge in [0.1, 0.15) is 11.4 Å². The lowest BCUT2D eigenvalue weighted by Crippen LogP contribution is -2.63. The van der Waals surface area contributed by atoms with E-state index in [-0.39, 0.29) is 30.3 Å². The molecule has 3 rings (SSSR count). The Morgan fingerprint density at radius 3 is 2.62 bits per heavy atom. The highest BCUT2D eigenvalue weighted by Gasteiger charge is 2.56. The Morgan fingerprint density at radius 2 is 2.05 bits per heavy atom. The normalized spacial score (nSPS) is 21.6. The van der Waals surface area contributed by atoms with Crippen LogP contribution in [0.3, 0.4) is 0 Å². The summed E-state index contributed by atoms with van der Waals surface area (Å²) in [6, 6.07) is 6.32. The predicted molar refractivity (Wildman–Crippen MR) is 73.0 cm³/mol. The van der Waals surface area contributed by atoms with Gasteiger partial charge in [-0.1, -0.05) is 6.07 Å². The van der Waals surface area contributed by atoms with Gasteiger partial charge in [-0.25, -0.2) is 13.5 Å². The van der Waals surface area contributed by atoms with Gasteiger partial charge in [0.15, 0.2) is 0 Å². The number of rotatable bonds is 3. The molecule has 0 N–H and O–H groups in total. The number of methoxy groups -OCH3 is 1. The molecule has 1 spiro atoms. The molecular weight excluding hydrogens is 296 g/mol. The van der Waals surface area contributed by atoms with Gasteiger partial charge >= 0.3 is 0 Å². The smallest absolute Gasteiger partial charge is 0.248 e. The number of hydroxylamine groups is 2. The SMILES string of the molecule is COc1cccc(S(=O)(=O)N2CC3(CC(=O)N(C)O3)C2)c1. The second kappa shape index (κ2) is 4.69. The van der Waals surface area contributed by atoms with Crippen molar-refractivity contribution in [3.05, 3.63) is 24.3 Å². The van der Waals surface area contributed by atoms with Crippen molar-refractivity contribution >= 4 is 15.9 Å². The van der Waals surface area contributed by atoms with Crippen LogP contribution in [-0.4, -0.2) is 56.5 Å². The average Bonchev–Trinajstić information content (AvgIpc) is 2.73. The minimum Gasteiger partial charge on any atom is -0.497 e. The number of carbonyl (C=O) groups is 1. The molecule has 2 saturated heterocycles. The molecule has 0 radical (unpaired) electrons. The van der Waals surface area contributed by atoms with Crippen molar-refractivity contribution in [1.82, 2.24) is 9.37 Å². The molecule has 2 fully saturated rings. The van der Waals surface area contributed by atoms with Gasteiger partial charge in [-0.2, -0.15) is 4.31 Å². The second-order valence-corrected chi connectivity index (χ2v) is 7.23. The van der Waals surface area contributed by atoms with Gasteiger partial charge in [0.2, 0.25) is 15.9 Å². The molecule has 0 atom stereocenters. The van der Waals surface area contributed by atoms with Crippen molar-refractivity contribution in [2.24, 2.45) is 0 Å². The van der Waals surface area contributed by atoms with Crippen LogP contribution in [0.5, 0.6) is 5.75 Å². The summed E-state index contributed by atoms with van der Waals surface area (Å²) in [6.07, 6.45) is 0.216. The molecule has 7 nitrogen and oxygen atoms in total. The monoisotopic (exact) mass is 312 g/mol. The fourth-order valence-corrected chi connectivity index (χ4v) is 4.23. The van der Waals surface area contributed by atoms with Crippen LogP contribution in [0.4, 0.5) is 0 Å². The molecule has 2 heterocycles. The van der Waals surface area contributed by atoms with Crippen molar-refractivity contribution in [3.8, 4) is 5.75 Å². The topological polar surface area (TPSA) is 76.2 Å². The highest BCUT2D eigenvalue weighted by molar-refractivity contribution is 7.89. The average molecular weight is 312 g/mol. The summed E-state index contributed by atoms with van der Waals surface area (Å²) in [5.74, 6) is 0.353. The number of amides is 1. The molecule has 1 amide bonds. The number of hydrogen-bond donors (Lipinski definition) is 0. The van der Waals surface area contributed by atoms with Crippen LogP contribution < -0.4 is 4.74 Å².